The minimum atomic E-state index is -1.27. The average Bonchev–Trinajstić information content (AvgIpc) is 3.59. The van der Waals surface area contributed by atoms with Gasteiger partial charge in [-0.3, -0.25) is 14.4 Å². The van der Waals surface area contributed by atoms with Crippen LogP contribution in [0.1, 0.15) is 36.4 Å². The van der Waals surface area contributed by atoms with E-state index in [0.29, 0.717) is 43.9 Å². The van der Waals surface area contributed by atoms with Crippen molar-refractivity contribution in [2.24, 2.45) is 5.92 Å². The Kier molecular flexibility index (Phi) is 12.6. The molecular formula is C33H37IN4O9. The minimum Gasteiger partial charge on any atom is -0.483 e. The van der Waals surface area contributed by atoms with E-state index in [-0.39, 0.29) is 36.4 Å². The standard InChI is InChI=1S/C33H37IN4O9/c1-21(2)18-25(35-29(39)20-46-27-7-4-3-6-24(27)34)30(40)36-26(32(42)43)19-22-9-11-23(12-10-22)47-33(44)38-15-13-37(14-16-38)31(41)28-8-5-17-45-28/h3-12,17,21,25-26H,13-16,18-20H2,1-2H3,(H,35,39)(H,36,40)(H,42,43)/t25-,26-/m0/s1. The second-order valence-corrected chi connectivity index (χ2v) is 12.5. The van der Waals surface area contributed by atoms with E-state index in [4.69, 9.17) is 13.9 Å². The quantitative estimate of drug-likeness (QED) is 0.221. The summed E-state index contributed by atoms with van der Waals surface area (Å²) in [5.41, 5.74) is 0.581. The summed E-state index contributed by atoms with van der Waals surface area (Å²) >= 11 is 2.09. The van der Waals surface area contributed by atoms with Crippen molar-refractivity contribution < 1.29 is 43.0 Å². The number of piperazine rings is 1. The first kappa shape index (κ1) is 35.3. The second-order valence-electron chi connectivity index (χ2n) is 11.3. The number of amides is 4. The summed E-state index contributed by atoms with van der Waals surface area (Å²) in [6.07, 6.45) is 1.11. The van der Waals surface area contributed by atoms with Gasteiger partial charge in [-0.2, -0.15) is 0 Å². The van der Waals surface area contributed by atoms with Crippen LogP contribution in [0, 0.1) is 9.49 Å². The number of benzene rings is 2. The van der Waals surface area contributed by atoms with Crippen LogP contribution in [-0.2, 0) is 20.8 Å². The molecule has 4 rings (SSSR count). The van der Waals surface area contributed by atoms with Crippen molar-refractivity contribution in [2.45, 2.75) is 38.8 Å². The Bertz CT molecular complexity index is 1540. The van der Waals surface area contributed by atoms with Crippen LogP contribution < -0.4 is 20.1 Å². The summed E-state index contributed by atoms with van der Waals surface area (Å²) in [7, 11) is 0. The molecule has 3 aromatic rings. The molecule has 1 fully saturated rings. The van der Waals surface area contributed by atoms with Gasteiger partial charge in [0, 0.05) is 32.6 Å². The lowest BCUT2D eigenvalue weighted by Gasteiger charge is -2.33. The molecule has 1 saturated heterocycles. The number of carboxylic acids is 1. The number of carboxylic acid groups (broad SMARTS) is 1. The van der Waals surface area contributed by atoms with Crippen molar-refractivity contribution in [1.82, 2.24) is 20.4 Å². The highest BCUT2D eigenvalue weighted by atomic mass is 127. The first-order chi connectivity index (χ1) is 22.5. The lowest BCUT2D eigenvalue weighted by molar-refractivity contribution is -0.142. The molecule has 0 radical (unpaired) electrons. The van der Waals surface area contributed by atoms with Crippen molar-refractivity contribution in [3.8, 4) is 11.5 Å². The number of rotatable bonds is 13. The molecule has 0 bridgehead atoms. The van der Waals surface area contributed by atoms with Gasteiger partial charge in [-0.15, -0.1) is 0 Å². The number of aliphatic carboxylic acids is 1. The number of hydrogen-bond donors (Lipinski definition) is 3. The predicted molar refractivity (Wildman–Crippen MR) is 178 cm³/mol. The van der Waals surface area contributed by atoms with E-state index >= 15 is 0 Å². The summed E-state index contributed by atoms with van der Waals surface area (Å²) in [5, 5.41) is 15.1. The Morgan fingerprint density at radius 3 is 2.19 bits per heavy atom. The van der Waals surface area contributed by atoms with Gasteiger partial charge in [0.05, 0.1) is 9.83 Å². The SMILES string of the molecule is CC(C)C[C@H](NC(=O)COc1ccccc1I)C(=O)N[C@@H](Cc1ccc(OC(=O)N2CCN(C(=O)c3ccco3)CC2)cc1)C(=O)O. The Hall–Kier alpha value is -4.60. The number of hydrogen-bond acceptors (Lipinski definition) is 8. The molecule has 2 atom stereocenters. The maximum absolute atomic E-state index is 13.2. The molecule has 0 spiro atoms. The number of para-hydroxylation sites is 1. The maximum Gasteiger partial charge on any atom is 0.415 e. The van der Waals surface area contributed by atoms with Crippen LogP contribution in [0.3, 0.4) is 0 Å². The molecule has 2 heterocycles. The molecule has 4 amide bonds. The molecular weight excluding hydrogens is 723 g/mol. The van der Waals surface area contributed by atoms with Crippen molar-refractivity contribution in [3.63, 3.8) is 0 Å². The van der Waals surface area contributed by atoms with E-state index in [0.717, 1.165) is 3.57 Å². The van der Waals surface area contributed by atoms with Crippen LogP contribution in [0.2, 0.25) is 0 Å². The first-order valence-corrected chi connectivity index (χ1v) is 16.2. The van der Waals surface area contributed by atoms with Crippen LogP contribution in [0.25, 0.3) is 0 Å². The van der Waals surface area contributed by atoms with Gasteiger partial charge in [0.15, 0.2) is 12.4 Å². The zero-order valence-electron chi connectivity index (χ0n) is 26.0. The lowest BCUT2D eigenvalue weighted by atomic mass is 10.0. The Labute approximate surface area is 285 Å². The molecule has 1 aliphatic heterocycles. The molecule has 1 aliphatic rings. The van der Waals surface area contributed by atoms with Crippen LogP contribution in [0.15, 0.2) is 71.3 Å². The van der Waals surface area contributed by atoms with Crippen molar-refractivity contribution in [2.75, 3.05) is 32.8 Å². The van der Waals surface area contributed by atoms with Crippen molar-refractivity contribution >= 4 is 52.4 Å². The number of halogens is 1. The molecule has 1 aromatic heterocycles. The lowest BCUT2D eigenvalue weighted by Crippen LogP contribution is -2.53. The largest absolute Gasteiger partial charge is 0.483 e. The zero-order chi connectivity index (χ0) is 33.9. The first-order valence-electron chi connectivity index (χ1n) is 15.1. The van der Waals surface area contributed by atoms with E-state index < -0.39 is 36.0 Å². The van der Waals surface area contributed by atoms with Crippen molar-refractivity contribution in [3.05, 3.63) is 81.8 Å². The van der Waals surface area contributed by atoms with Crippen molar-refractivity contribution in [1.29, 1.82) is 0 Å². The van der Waals surface area contributed by atoms with Crippen LogP contribution >= 0.6 is 22.6 Å². The van der Waals surface area contributed by atoms with E-state index in [1.807, 2.05) is 26.0 Å². The van der Waals surface area contributed by atoms with E-state index in [1.54, 1.807) is 53.4 Å². The van der Waals surface area contributed by atoms with Gasteiger partial charge >= 0.3 is 12.1 Å². The molecule has 3 N–H and O–H groups in total. The van der Waals surface area contributed by atoms with E-state index in [1.165, 1.54) is 11.2 Å². The van der Waals surface area contributed by atoms with E-state index in [9.17, 15) is 29.1 Å². The van der Waals surface area contributed by atoms with Gasteiger partial charge in [0.1, 0.15) is 23.6 Å². The smallest absolute Gasteiger partial charge is 0.415 e. The molecule has 14 heteroatoms. The predicted octanol–water partition coefficient (Wildman–Crippen LogP) is 3.56. The monoisotopic (exact) mass is 760 g/mol. The van der Waals surface area contributed by atoms with Crippen LogP contribution in [0.4, 0.5) is 4.79 Å². The molecule has 0 aliphatic carbocycles. The van der Waals surface area contributed by atoms with Gasteiger partial charge < -0.3 is 39.4 Å². The zero-order valence-corrected chi connectivity index (χ0v) is 28.2. The number of furan rings is 1. The average molecular weight is 761 g/mol. The molecule has 0 unspecified atom stereocenters. The second kappa shape index (κ2) is 16.8. The summed E-state index contributed by atoms with van der Waals surface area (Å²) < 4.78 is 17.1. The van der Waals surface area contributed by atoms with Gasteiger partial charge in [0.2, 0.25) is 5.91 Å². The van der Waals surface area contributed by atoms with E-state index in [2.05, 4.69) is 33.2 Å². The topological polar surface area (TPSA) is 168 Å². The third-order valence-electron chi connectivity index (χ3n) is 7.29. The molecule has 47 heavy (non-hydrogen) atoms. The fraction of sp³-hybridized carbons (Fsp3) is 0.364. The highest BCUT2D eigenvalue weighted by molar-refractivity contribution is 14.1. The summed E-state index contributed by atoms with van der Waals surface area (Å²) in [4.78, 5) is 66.2. The normalized spacial score (nSPS) is 14.2. The number of nitrogens with one attached hydrogen (secondary N) is 2. The highest BCUT2D eigenvalue weighted by Crippen LogP contribution is 2.20. The van der Waals surface area contributed by atoms with Crippen LogP contribution in [-0.4, -0.2) is 89.6 Å². The fourth-order valence-electron chi connectivity index (χ4n) is 4.86. The number of ether oxygens (including phenoxy) is 2. The third kappa shape index (κ3) is 10.5. The molecule has 13 nitrogen and oxygen atoms in total. The maximum atomic E-state index is 13.2. The van der Waals surface area contributed by atoms with Gasteiger partial charge in [-0.25, -0.2) is 9.59 Å². The fourth-order valence-corrected chi connectivity index (χ4v) is 5.40. The molecule has 250 valence electrons. The summed E-state index contributed by atoms with van der Waals surface area (Å²) in [6.45, 7) is 4.73. The van der Waals surface area contributed by atoms with Gasteiger partial charge in [0.25, 0.3) is 11.8 Å². The van der Waals surface area contributed by atoms with Gasteiger partial charge in [-0.1, -0.05) is 38.1 Å². The number of nitrogens with zero attached hydrogens (tertiary/aromatic N) is 2. The minimum absolute atomic E-state index is 0.0358. The van der Waals surface area contributed by atoms with Crippen LogP contribution in [0.5, 0.6) is 11.5 Å². The Morgan fingerprint density at radius 2 is 1.57 bits per heavy atom. The van der Waals surface area contributed by atoms with Gasteiger partial charge in [-0.05, 0) is 76.9 Å². The third-order valence-corrected chi connectivity index (χ3v) is 8.19. The highest BCUT2D eigenvalue weighted by Gasteiger charge is 2.29. The number of carbonyl (C=O) groups excluding carboxylic acids is 4. The molecule has 2 aromatic carbocycles. The number of carbonyl (C=O) groups is 5. The molecule has 0 saturated carbocycles. The Balaban J connectivity index is 1.28. The summed E-state index contributed by atoms with van der Waals surface area (Å²) in [6, 6.07) is 14.5. The Morgan fingerprint density at radius 1 is 0.894 bits per heavy atom. The summed E-state index contributed by atoms with van der Waals surface area (Å²) in [5.74, 6) is -1.53.